The van der Waals surface area contributed by atoms with Gasteiger partial charge in [-0.1, -0.05) is 51.2 Å². The number of rotatable bonds is 10. The summed E-state index contributed by atoms with van der Waals surface area (Å²) in [5, 5.41) is 3.13. The van der Waals surface area contributed by atoms with Crippen molar-refractivity contribution in [2.45, 2.75) is 58.4 Å². The summed E-state index contributed by atoms with van der Waals surface area (Å²) in [5.41, 5.74) is 0.887. The van der Waals surface area contributed by atoms with Crippen LogP contribution in [0.3, 0.4) is 0 Å². The fraction of sp³-hybridized carbons (Fsp3) is 0.647. The molecule has 1 rings (SSSR count). The molecule has 0 amide bonds. The first-order valence-corrected chi connectivity index (χ1v) is 7.79. The third-order valence-corrected chi connectivity index (χ3v) is 3.64. The Balaban J connectivity index is 2.43. The number of para-hydroxylation sites is 1. The topological polar surface area (TPSA) is 21.3 Å². The van der Waals surface area contributed by atoms with Crippen molar-refractivity contribution in [2.75, 3.05) is 13.7 Å². The average molecular weight is 281 g/mol. The number of benzene rings is 1. The molecule has 1 aromatic rings. The van der Waals surface area contributed by atoms with Gasteiger partial charge < -0.3 is 10.1 Å². The van der Waals surface area contributed by atoms with Crippen molar-refractivity contribution in [1.29, 1.82) is 0 Å². The predicted molar refractivity (Wildman–Crippen MR) is 82.7 cm³/mol. The molecule has 0 spiro atoms. The van der Waals surface area contributed by atoms with Crippen LogP contribution in [0.1, 0.15) is 64.0 Å². The molecule has 1 N–H and O–H groups in total. The molecular formula is C17H28FNO. The van der Waals surface area contributed by atoms with Gasteiger partial charge in [-0.3, -0.25) is 0 Å². The Kier molecular flexibility index (Phi) is 8.28. The van der Waals surface area contributed by atoms with E-state index < -0.39 is 0 Å². The Hall–Kier alpha value is -1.09. The quantitative estimate of drug-likeness (QED) is 0.619. The minimum atomic E-state index is -0.268. The van der Waals surface area contributed by atoms with Gasteiger partial charge in [0.15, 0.2) is 11.6 Å². The molecule has 0 aliphatic heterocycles. The first-order valence-electron chi connectivity index (χ1n) is 7.79. The Morgan fingerprint density at radius 1 is 1.15 bits per heavy atom. The molecule has 0 fully saturated rings. The summed E-state index contributed by atoms with van der Waals surface area (Å²) >= 11 is 0. The van der Waals surface area contributed by atoms with Gasteiger partial charge in [-0.05, 0) is 26.5 Å². The van der Waals surface area contributed by atoms with Gasteiger partial charge in [0.05, 0.1) is 6.61 Å². The van der Waals surface area contributed by atoms with Crippen LogP contribution in [0.25, 0.3) is 0 Å². The van der Waals surface area contributed by atoms with E-state index in [0.29, 0.717) is 12.4 Å². The number of ether oxygens (including phenoxy) is 1. The van der Waals surface area contributed by atoms with Crippen LogP contribution in [0, 0.1) is 5.82 Å². The molecule has 0 aliphatic rings. The average Bonchev–Trinajstić information content (AvgIpc) is 2.46. The Bertz CT molecular complexity index is 381. The first-order chi connectivity index (χ1) is 9.70. The van der Waals surface area contributed by atoms with E-state index in [0.717, 1.165) is 18.4 Å². The van der Waals surface area contributed by atoms with Gasteiger partial charge >= 0.3 is 0 Å². The maximum absolute atomic E-state index is 13.9. The third-order valence-electron chi connectivity index (χ3n) is 3.64. The van der Waals surface area contributed by atoms with Crippen LogP contribution in [-0.4, -0.2) is 13.7 Å². The van der Waals surface area contributed by atoms with Crippen LogP contribution >= 0.6 is 0 Å². The highest BCUT2D eigenvalue weighted by molar-refractivity contribution is 5.37. The lowest BCUT2D eigenvalue weighted by atomic mass is 10.1. The first kappa shape index (κ1) is 17.0. The highest BCUT2D eigenvalue weighted by atomic mass is 19.1. The smallest absolute Gasteiger partial charge is 0.165 e. The third kappa shape index (κ3) is 5.49. The second-order valence-corrected chi connectivity index (χ2v) is 5.28. The number of hydrogen-bond donors (Lipinski definition) is 1. The second kappa shape index (κ2) is 9.76. The fourth-order valence-corrected chi connectivity index (χ4v) is 2.23. The van der Waals surface area contributed by atoms with E-state index in [2.05, 4.69) is 12.2 Å². The maximum Gasteiger partial charge on any atom is 0.165 e. The van der Waals surface area contributed by atoms with E-state index in [1.807, 2.05) is 20.0 Å². The highest BCUT2D eigenvalue weighted by Crippen LogP contribution is 2.28. The Morgan fingerprint density at radius 2 is 1.85 bits per heavy atom. The SMILES string of the molecule is CCCCCCCCOc1c(F)cccc1C(C)NC. The predicted octanol–water partition coefficient (Wildman–Crippen LogP) is 4.85. The molecule has 0 aromatic heterocycles. The van der Waals surface area contributed by atoms with Gasteiger partial charge in [0.25, 0.3) is 0 Å². The number of unbranched alkanes of at least 4 members (excludes halogenated alkanes) is 5. The molecule has 0 aliphatic carbocycles. The lowest BCUT2D eigenvalue weighted by Crippen LogP contribution is -2.14. The summed E-state index contributed by atoms with van der Waals surface area (Å²) in [4.78, 5) is 0. The molecule has 0 saturated heterocycles. The maximum atomic E-state index is 13.9. The molecular weight excluding hydrogens is 253 g/mol. The van der Waals surface area contributed by atoms with Crippen molar-refractivity contribution < 1.29 is 9.13 Å². The minimum absolute atomic E-state index is 0.0882. The molecule has 2 nitrogen and oxygen atoms in total. The van der Waals surface area contributed by atoms with Crippen LogP contribution in [0.4, 0.5) is 4.39 Å². The zero-order chi connectivity index (χ0) is 14.8. The molecule has 0 heterocycles. The summed E-state index contributed by atoms with van der Waals surface area (Å²) < 4.78 is 19.6. The van der Waals surface area contributed by atoms with E-state index in [9.17, 15) is 4.39 Å². The van der Waals surface area contributed by atoms with Crippen LogP contribution in [0.15, 0.2) is 18.2 Å². The van der Waals surface area contributed by atoms with E-state index in [4.69, 9.17) is 4.74 Å². The standard InChI is InChI=1S/C17H28FNO/c1-4-5-6-7-8-9-13-20-17-15(14(2)19-3)11-10-12-16(17)18/h10-12,14,19H,4-9,13H2,1-3H3. The molecule has 3 heteroatoms. The molecule has 1 atom stereocenters. The summed E-state index contributed by atoms with van der Waals surface area (Å²) in [6, 6.07) is 5.20. The van der Waals surface area contributed by atoms with Gasteiger partial charge in [0.1, 0.15) is 0 Å². The molecule has 114 valence electrons. The number of hydrogen-bond acceptors (Lipinski definition) is 2. The number of nitrogens with one attached hydrogen (secondary N) is 1. The summed E-state index contributed by atoms with van der Waals surface area (Å²) in [6.45, 7) is 4.81. The van der Waals surface area contributed by atoms with Crippen LogP contribution in [0.2, 0.25) is 0 Å². The summed E-state index contributed by atoms with van der Waals surface area (Å²) in [6.07, 6.45) is 7.25. The van der Waals surface area contributed by atoms with Crippen LogP contribution < -0.4 is 10.1 Å². The number of halogens is 1. The van der Waals surface area contributed by atoms with Crippen molar-refractivity contribution in [1.82, 2.24) is 5.32 Å². The molecule has 1 aromatic carbocycles. The van der Waals surface area contributed by atoms with E-state index >= 15 is 0 Å². The van der Waals surface area contributed by atoms with Crippen molar-refractivity contribution in [3.8, 4) is 5.75 Å². The lowest BCUT2D eigenvalue weighted by molar-refractivity contribution is 0.284. The van der Waals surface area contributed by atoms with Gasteiger partial charge in [0, 0.05) is 11.6 Å². The van der Waals surface area contributed by atoms with Gasteiger partial charge in [-0.25, -0.2) is 4.39 Å². The van der Waals surface area contributed by atoms with Crippen LogP contribution in [-0.2, 0) is 0 Å². The van der Waals surface area contributed by atoms with E-state index in [1.54, 1.807) is 6.07 Å². The Labute approximate surface area is 122 Å². The largest absolute Gasteiger partial charge is 0.490 e. The highest BCUT2D eigenvalue weighted by Gasteiger charge is 2.14. The molecule has 0 bridgehead atoms. The second-order valence-electron chi connectivity index (χ2n) is 5.28. The van der Waals surface area contributed by atoms with Crippen LogP contribution in [0.5, 0.6) is 5.75 Å². The summed E-state index contributed by atoms with van der Waals surface area (Å²) in [7, 11) is 1.87. The Morgan fingerprint density at radius 3 is 2.55 bits per heavy atom. The zero-order valence-corrected chi connectivity index (χ0v) is 13.0. The van der Waals surface area contributed by atoms with E-state index in [1.165, 1.54) is 31.7 Å². The van der Waals surface area contributed by atoms with Crippen molar-refractivity contribution >= 4 is 0 Å². The fourth-order valence-electron chi connectivity index (χ4n) is 2.23. The van der Waals surface area contributed by atoms with Crippen molar-refractivity contribution in [2.24, 2.45) is 0 Å². The van der Waals surface area contributed by atoms with Crippen molar-refractivity contribution in [3.05, 3.63) is 29.6 Å². The normalized spacial score (nSPS) is 12.4. The monoisotopic (exact) mass is 281 g/mol. The molecule has 1 unspecified atom stereocenters. The van der Waals surface area contributed by atoms with Gasteiger partial charge in [-0.15, -0.1) is 0 Å². The molecule has 20 heavy (non-hydrogen) atoms. The van der Waals surface area contributed by atoms with Gasteiger partial charge in [-0.2, -0.15) is 0 Å². The van der Waals surface area contributed by atoms with Crippen molar-refractivity contribution in [3.63, 3.8) is 0 Å². The molecule has 0 radical (unpaired) electrons. The van der Waals surface area contributed by atoms with E-state index in [-0.39, 0.29) is 11.9 Å². The molecule has 0 saturated carbocycles. The minimum Gasteiger partial charge on any atom is -0.490 e. The summed E-state index contributed by atoms with van der Waals surface area (Å²) in [5.74, 6) is 0.137. The van der Waals surface area contributed by atoms with Gasteiger partial charge in [0.2, 0.25) is 0 Å². The lowest BCUT2D eigenvalue weighted by Gasteiger charge is -2.17. The zero-order valence-electron chi connectivity index (χ0n) is 13.0.